The van der Waals surface area contributed by atoms with E-state index in [1.165, 1.54) is 0 Å². The molecule has 3 rings (SSSR count). The molecule has 0 unspecified atom stereocenters. The maximum Gasteiger partial charge on any atom is 0.276 e. The normalized spacial score (nSPS) is 17.0. The van der Waals surface area contributed by atoms with Crippen molar-refractivity contribution in [3.63, 3.8) is 0 Å². The van der Waals surface area contributed by atoms with E-state index in [2.05, 4.69) is 25.0 Å². The molecular formula is C16H23N3O2. The number of nitrogens with zero attached hydrogens (tertiary/aromatic N) is 3. The van der Waals surface area contributed by atoms with E-state index in [0.29, 0.717) is 17.4 Å². The number of hydrogen-bond acceptors (Lipinski definition) is 3. The van der Waals surface area contributed by atoms with Crippen molar-refractivity contribution in [1.82, 2.24) is 14.0 Å². The number of aryl methyl sites for hydroxylation is 1. The van der Waals surface area contributed by atoms with E-state index < -0.39 is 0 Å². The Balaban J connectivity index is 2.08. The van der Waals surface area contributed by atoms with Gasteiger partial charge in [0, 0.05) is 37.6 Å². The Labute approximate surface area is 124 Å². The van der Waals surface area contributed by atoms with E-state index in [9.17, 15) is 4.79 Å². The zero-order chi connectivity index (χ0) is 15.0. The number of ether oxygens (including phenoxy) is 1. The number of hydrogen-bond donors (Lipinski definition) is 0. The molecule has 0 atom stereocenters. The van der Waals surface area contributed by atoms with E-state index in [-0.39, 0.29) is 5.56 Å². The summed E-state index contributed by atoms with van der Waals surface area (Å²) < 4.78 is 9.26. The maximum atomic E-state index is 12.7. The molecule has 0 radical (unpaired) electrons. The molecule has 3 heterocycles. The highest BCUT2D eigenvalue weighted by molar-refractivity contribution is 5.45. The summed E-state index contributed by atoms with van der Waals surface area (Å²) >= 11 is 0. The highest BCUT2D eigenvalue weighted by Crippen LogP contribution is 2.26. The highest BCUT2D eigenvalue weighted by Gasteiger charge is 2.21. The van der Waals surface area contributed by atoms with Crippen LogP contribution in [0, 0.1) is 12.8 Å². The summed E-state index contributed by atoms with van der Waals surface area (Å²) in [6.45, 7) is 8.56. The van der Waals surface area contributed by atoms with Gasteiger partial charge in [0.25, 0.3) is 5.56 Å². The van der Waals surface area contributed by atoms with Crippen LogP contribution in [0.1, 0.15) is 44.1 Å². The molecule has 2 aromatic rings. The summed E-state index contributed by atoms with van der Waals surface area (Å²) in [5, 5.41) is 0. The minimum atomic E-state index is 0.0644. The predicted molar refractivity (Wildman–Crippen MR) is 81.8 cm³/mol. The molecule has 5 heteroatoms. The molecule has 1 aliphatic heterocycles. The standard InChI is InChI=1S/C16H23N3O2/c1-11(2)9-18-12(3)10-19-14(16(18)20)8-17-15(19)13-4-6-21-7-5-13/h8,10-11,13H,4-7,9H2,1-3H3. The lowest BCUT2D eigenvalue weighted by atomic mass is 10.00. The van der Waals surface area contributed by atoms with Crippen LogP contribution in [-0.4, -0.2) is 27.2 Å². The molecule has 21 heavy (non-hydrogen) atoms. The summed E-state index contributed by atoms with van der Waals surface area (Å²) in [5.41, 5.74) is 1.74. The van der Waals surface area contributed by atoms with Crippen LogP contribution < -0.4 is 5.56 Å². The zero-order valence-corrected chi connectivity index (χ0v) is 13.0. The molecule has 5 nitrogen and oxygen atoms in total. The monoisotopic (exact) mass is 289 g/mol. The number of rotatable bonds is 3. The van der Waals surface area contributed by atoms with Gasteiger partial charge in [-0.25, -0.2) is 4.98 Å². The Morgan fingerprint density at radius 3 is 2.76 bits per heavy atom. The average Bonchev–Trinajstić information content (AvgIpc) is 2.88. The first-order valence-corrected chi connectivity index (χ1v) is 7.73. The second kappa shape index (κ2) is 5.64. The molecule has 0 amide bonds. The molecule has 114 valence electrons. The summed E-state index contributed by atoms with van der Waals surface area (Å²) in [7, 11) is 0. The third kappa shape index (κ3) is 2.62. The van der Waals surface area contributed by atoms with Crippen LogP contribution in [0.2, 0.25) is 0 Å². The Morgan fingerprint density at radius 1 is 1.38 bits per heavy atom. The van der Waals surface area contributed by atoms with Crippen LogP contribution in [0.3, 0.4) is 0 Å². The van der Waals surface area contributed by atoms with Gasteiger partial charge < -0.3 is 9.30 Å². The topological polar surface area (TPSA) is 48.5 Å². The fourth-order valence-corrected chi connectivity index (χ4v) is 3.07. The van der Waals surface area contributed by atoms with Crippen molar-refractivity contribution >= 4 is 5.52 Å². The Kier molecular flexibility index (Phi) is 3.85. The van der Waals surface area contributed by atoms with Gasteiger partial charge in [-0.05, 0) is 25.7 Å². The fraction of sp³-hybridized carbons (Fsp3) is 0.625. The summed E-state index contributed by atoms with van der Waals surface area (Å²) in [5.74, 6) is 1.84. The lowest BCUT2D eigenvalue weighted by Gasteiger charge is -2.21. The molecule has 0 saturated carbocycles. The van der Waals surface area contributed by atoms with E-state index in [0.717, 1.165) is 44.1 Å². The zero-order valence-electron chi connectivity index (χ0n) is 13.0. The Morgan fingerprint density at radius 2 is 2.10 bits per heavy atom. The van der Waals surface area contributed by atoms with Crippen LogP contribution in [0.4, 0.5) is 0 Å². The minimum absolute atomic E-state index is 0.0644. The Hall–Kier alpha value is -1.62. The van der Waals surface area contributed by atoms with Crippen molar-refractivity contribution in [2.75, 3.05) is 13.2 Å². The van der Waals surface area contributed by atoms with Gasteiger partial charge in [0.05, 0.1) is 6.20 Å². The average molecular weight is 289 g/mol. The molecule has 1 aliphatic rings. The van der Waals surface area contributed by atoms with Crippen molar-refractivity contribution in [2.45, 2.75) is 46.1 Å². The Bertz CT molecular complexity index is 693. The second-order valence-electron chi connectivity index (χ2n) is 6.34. The van der Waals surface area contributed by atoms with Crippen molar-refractivity contribution in [3.05, 3.63) is 34.3 Å². The summed E-state index contributed by atoms with van der Waals surface area (Å²) in [4.78, 5) is 17.2. The van der Waals surface area contributed by atoms with Gasteiger partial charge in [0.2, 0.25) is 0 Å². The largest absolute Gasteiger partial charge is 0.381 e. The third-order valence-corrected chi connectivity index (χ3v) is 4.17. The maximum absolute atomic E-state index is 12.7. The van der Waals surface area contributed by atoms with Crippen molar-refractivity contribution in [1.29, 1.82) is 0 Å². The molecule has 0 aromatic carbocycles. The van der Waals surface area contributed by atoms with Crippen LogP contribution >= 0.6 is 0 Å². The molecule has 0 N–H and O–H groups in total. The van der Waals surface area contributed by atoms with E-state index in [1.54, 1.807) is 6.20 Å². The first kappa shape index (κ1) is 14.3. The number of aromatic nitrogens is 3. The van der Waals surface area contributed by atoms with Crippen LogP contribution in [0.5, 0.6) is 0 Å². The van der Waals surface area contributed by atoms with Gasteiger partial charge in [0.15, 0.2) is 0 Å². The van der Waals surface area contributed by atoms with Crippen LogP contribution in [0.25, 0.3) is 5.52 Å². The first-order valence-electron chi connectivity index (χ1n) is 7.73. The van der Waals surface area contributed by atoms with Crippen molar-refractivity contribution in [3.8, 4) is 0 Å². The third-order valence-electron chi connectivity index (χ3n) is 4.17. The first-order chi connectivity index (χ1) is 10.1. The van der Waals surface area contributed by atoms with Crippen molar-refractivity contribution in [2.24, 2.45) is 5.92 Å². The number of fused-ring (bicyclic) bond motifs is 1. The summed E-state index contributed by atoms with van der Waals surface area (Å²) in [6, 6.07) is 0. The number of imidazole rings is 1. The van der Waals surface area contributed by atoms with Gasteiger partial charge in [-0.15, -0.1) is 0 Å². The molecule has 0 bridgehead atoms. The SMILES string of the molecule is Cc1cn2c(C3CCOCC3)ncc2c(=O)n1CC(C)C. The van der Waals surface area contributed by atoms with Gasteiger partial charge in [0.1, 0.15) is 11.3 Å². The molecule has 1 saturated heterocycles. The van der Waals surface area contributed by atoms with E-state index >= 15 is 0 Å². The fourth-order valence-electron chi connectivity index (χ4n) is 3.07. The highest BCUT2D eigenvalue weighted by atomic mass is 16.5. The van der Waals surface area contributed by atoms with Gasteiger partial charge in [-0.3, -0.25) is 9.20 Å². The molecular weight excluding hydrogens is 266 g/mol. The molecule has 0 aliphatic carbocycles. The second-order valence-corrected chi connectivity index (χ2v) is 6.34. The van der Waals surface area contributed by atoms with Gasteiger partial charge >= 0.3 is 0 Å². The van der Waals surface area contributed by atoms with Gasteiger partial charge in [-0.1, -0.05) is 13.8 Å². The lowest BCUT2D eigenvalue weighted by Crippen LogP contribution is -2.26. The predicted octanol–water partition coefficient (Wildman–Crippen LogP) is 2.35. The summed E-state index contributed by atoms with van der Waals surface area (Å²) in [6.07, 6.45) is 5.74. The van der Waals surface area contributed by atoms with Crippen LogP contribution in [-0.2, 0) is 11.3 Å². The van der Waals surface area contributed by atoms with Gasteiger partial charge in [-0.2, -0.15) is 0 Å². The van der Waals surface area contributed by atoms with E-state index in [1.807, 2.05) is 15.9 Å². The van der Waals surface area contributed by atoms with Crippen molar-refractivity contribution < 1.29 is 4.74 Å². The molecule has 0 spiro atoms. The van der Waals surface area contributed by atoms with E-state index in [4.69, 9.17) is 4.74 Å². The lowest BCUT2D eigenvalue weighted by molar-refractivity contribution is 0.0835. The quantitative estimate of drug-likeness (QED) is 0.871. The minimum Gasteiger partial charge on any atom is -0.381 e. The smallest absolute Gasteiger partial charge is 0.276 e. The molecule has 2 aromatic heterocycles. The van der Waals surface area contributed by atoms with Crippen LogP contribution in [0.15, 0.2) is 17.2 Å². The molecule has 1 fully saturated rings.